The summed E-state index contributed by atoms with van der Waals surface area (Å²) in [6.45, 7) is 1.70. The second-order valence-corrected chi connectivity index (χ2v) is 8.14. The smallest absolute Gasteiger partial charge is 0.216 e. The summed E-state index contributed by atoms with van der Waals surface area (Å²) in [4.78, 5) is 0. The minimum Gasteiger partial charge on any atom is -0.375 e. The molecule has 9 heteroatoms. The van der Waals surface area contributed by atoms with E-state index in [0.717, 1.165) is 12.8 Å². The number of aryl methyl sites for hydroxylation is 1. The highest BCUT2D eigenvalue weighted by atomic mass is 32.2. The number of ether oxygens (including phenoxy) is 1. The first kappa shape index (κ1) is 15.8. The summed E-state index contributed by atoms with van der Waals surface area (Å²) in [6.07, 6.45) is 7.55. The maximum Gasteiger partial charge on any atom is 0.216 e. The van der Waals surface area contributed by atoms with Crippen molar-refractivity contribution in [2.24, 2.45) is 5.92 Å². The molecular formula is C13H23N5O3S. The maximum absolute atomic E-state index is 12.5. The molecule has 1 aromatic rings. The zero-order valence-corrected chi connectivity index (χ0v) is 13.5. The second-order valence-electron chi connectivity index (χ2n) is 6.05. The largest absolute Gasteiger partial charge is 0.375 e. The van der Waals surface area contributed by atoms with Crippen LogP contribution in [0.3, 0.4) is 0 Å². The summed E-state index contributed by atoms with van der Waals surface area (Å²) in [5.41, 5.74) is 0. The van der Waals surface area contributed by atoms with E-state index in [0.29, 0.717) is 25.6 Å². The van der Waals surface area contributed by atoms with Crippen molar-refractivity contribution >= 4 is 10.0 Å². The summed E-state index contributed by atoms with van der Waals surface area (Å²) in [5, 5.41) is 10.7. The van der Waals surface area contributed by atoms with Crippen LogP contribution < -0.4 is 0 Å². The molecule has 8 nitrogen and oxygen atoms in total. The zero-order valence-electron chi connectivity index (χ0n) is 12.7. The molecule has 0 bridgehead atoms. The number of nitrogens with zero attached hydrogens (tertiary/aromatic N) is 5. The van der Waals surface area contributed by atoms with E-state index < -0.39 is 10.0 Å². The van der Waals surface area contributed by atoms with Crippen LogP contribution in [0, 0.1) is 5.92 Å². The van der Waals surface area contributed by atoms with Crippen molar-refractivity contribution in [2.45, 2.75) is 44.8 Å². The molecule has 2 fully saturated rings. The molecule has 22 heavy (non-hydrogen) atoms. The normalized spacial score (nSPS) is 25.4. The van der Waals surface area contributed by atoms with Crippen LogP contribution in [-0.2, 0) is 21.3 Å². The van der Waals surface area contributed by atoms with Crippen LogP contribution in [0.15, 0.2) is 6.33 Å². The Morgan fingerprint density at radius 3 is 2.77 bits per heavy atom. The predicted molar refractivity (Wildman–Crippen MR) is 79.5 cm³/mol. The van der Waals surface area contributed by atoms with Crippen LogP contribution in [0.4, 0.5) is 0 Å². The summed E-state index contributed by atoms with van der Waals surface area (Å²) in [5.74, 6) is 0.529. The lowest BCUT2D eigenvalue weighted by molar-refractivity contribution is -0.0431. The molecular weight excluding hydrogens is 306 g/mol. The lowest BCUT2D eigenvalue weighted by Crippen LogP contribution is -2.49. The maximum atomic E-state index is 12.5. The lowest BCUT2D eigenvalue weighted by Gasteiger charge is -2.37. The average Bonchev–Trinajstić information content (AvgIpc) is 3.08. The first-order chi connectivity index (χ1) is 10.6. The van der Waals surface area contributed by atoms with Gasteiger partial charge < -0.3 is 4.74 Å². The van der Waals surface area contributed by atoms with Gasteiger partial charge in [0.1, 0.15) is 6.33 Å². The fraction of sp³-hybridized carbons (Fsp3) is 0.923. The number of hydrogen-bond donors (Lipinski definition) is 0. The topological polar surface area (TPSA) is 90.2 Å². The van der Waals surface area contributed by atoms with Gasteiger partial charge in [-0.2, -0.15) is 4.31 Å². The minimum absolute atomic E-state index is 0.0232. The lowest BCUT2D eigenvalue weighted by atomic mass is 9.85. The molecule has 0 unspecified atom stereocenters. The highest BCUT2D eigenvalue weighted by Crippen LogP contribution is 2.30. The first-order valence-electron chi connectivity index (χ1n) is 7.95. The number of hydrogen-bond acceptors (Lipinski definition) is 6. The molecule has 0 spiro atoms. The highest BCUT2D eigenvalue weighted by molar-refractivity contribution is 7.89. The van der Waals surface area contributed by atoms with E-state index in [1.807, 2.05) is 0 Å². The fourth-order valence-electron chi connectivity index (χ4n) is 3.32. The average molecular weight is 329 g/mol. The van der Waals surface area contributed by atoms with Gasteiger partial charge in [0, 0.05) is 13.1 Å². The third-order valence-electron chi connectivity index (χ3n) is 4.59. The third kappa shape index (κ3) is 3.82. The Morgan fingerprint density at radius 1 is 1.23 bits per heavy atom. The van der Waals surface area contributed by atoms with Gasteiger partial charge in [0.05, 0.1) is 25.0 Å². The molecule has 124 valence electrons. The van der Waals surface area contributed by atoms with Gasteiger partial charge in [0.15, 0.2) is 0 Å². The molecule has 2 heterocycles. The monoisotopic (exact) mass is 329 g/mol. The molecule has 0 aromatic carbocycles. The van der Waals surface area contributed by atoms with E-state index in [4.69, 9.17) is 4.74 Å². The summed E-state index contributed by atoms with van der Waals surface area (Å²) in [7, 11) is -3.29. The van der Waals surface area contributed by atoms with Gasteiger partial charge in [-0.25, -0.2) is 13.1 Å². The van der Waals surface area contributed by atoms with E-state index in [2.05, 4.69) is 15.5 Å². The van der Waals surface area contributed by atoms with Crippen molar-refractivity contribution < 1.29 is 13.2 Å². The van der Waals surface area contributed by atoms with Gasteiger partial charge in [-0.3, -0.25) is 0 Å². The number of sulfonamides is 1. The molecule has 1 aliphatic heterocycles. The molecule has 3 rings (SSSR count). The Labute approximate surface area is 130 Å². The first-order valence-corrected chi connectivity index (χ1v) is 9.56. The van der Waals surface area contributed by atoms with Crippen LogP contribution >= 0.6 is 0 Å². The molecule has 1 saturated carbocycles. The van der Waals surface area contributed by atoms with Crippen molar-refractivity contribution in [1.29, 1.82) is 0 Å². The van der Waals surface area contributed by atoms with Crippen LogP contribution in [0.1, 0.15) is 32.1 Å². The predicted octanol–water partition coefficient (Wildman–Crippen LogP) is 0.284. The summed E-state index contributed by atoms with van der Waals surface area (Å²) >= 11 is 0. The number of tetrazole rings is 1. The molecule has 1 atom stereocenters. The quantitative estimate of drug-likeness (QED) is 0.771. The molecule has 0 amide bonds. The van der Waals surface area contributed by atoms with Crippen LogP contribution in [0.2, 0.25) is 0 Å². The molecule has 1 saturated heterocycles. The van der Waals surface area contributed by atoms with E-state index in [1.54, 1.807) is 4.31 Å². The molecule has 2 aliphatic rings. The van der Waals surface area contributed by atoms with Gasteiger partial charge in [0.2, 0.25) is 10.0 Å². The van der Waals surface area contributed by atoms with E-state index >= 15 is 0 Å². The van der Waals surface area contributed by atoms with Gasteiger partial charge in [-0.15, -0.1) is 5.10 Å². The van der Waals surface area contributed by atoms with Crippen molar-refractivity contribution in [2.75, 3.05) is 25.4 Å². The second kappa shape index (κ2) is 7.01. The van der Waals surface area contributed by atoms with E-state index in [1.165, 1.54) is 30.3 Å². The van der Waals surface area contributed by atoms with Crippen molar-refractivity contribution in [3.05, 3.63) is 6.33 Å². The van der Waals surface area contributed by atoms with Gasteiger partial charge >= 0.3 is 0 Å². The third-order valence-corrected chi connectivity index (χ3v) is 6.41. The SMILES string of the molecule is O=S(=O)(CCn1cnnn1)N1CCO[C@H](C2CCCCC2)C1. The molecule has 0 N–H and O–H groups in total. The van der Waals surface area contributed by atoms with Gasteiger partial charge in [-0.05, 0) is 29.2 Å². The van der Waals surface area contributed by atoms with Gasteiger partial charge in [-0.1, -0.05) is 19.3 Å². The van der Waals surface area contributed by atoms with Crippen LogP contribution in [0.5, 0.6) is 0 Å². The van der Waals surface area contributed by atoms with E-state index in [-0.39, 0.29) is 18.4 Å². The molecule has 0 radical (unpaired) electrons. The van der Waals surface area contributed by atoms with Gasteiger partial charge in [0.25, 0.3) is 0 Å². The fourth-order valence-corrected chi connectivity index (χ4v) is 4.72. The molecule has 1 aliphatic carbocycles. The Balaban J connectivity index is 1.57. The van der Waals surface area contributed by atoms with Crippen molar-refractivity contribution in [3.63, 3.8) is 0 Å². The number of aromatic nitrogens is 4. The Morgan fingerprint density at radius 2 is 2.05 bits per heavy atom. The Hall–Kier alpha value is -1.06. The van der Waals surface area contributed by atoms with Crippen molar-refractivity contribution in [3.8, 4) is 0 Å². The van der Waals surface area contributed by atoms with Crippen LogP contribution in [-0.4, -0.2) is 64.5 Å². The van der Waals surface area contributed by atoms with E-state index in [9.17, 15) is 8.42 Å². The summed E-state index contributed by atoms with van der Waals surface area (Å²) < 4.78 is 33.9. The van der Waals surface area contributed by atoms with Crippen LogP contribution in [0.25, 0.3) is 0 Å². The highest BCUT2D eigenvalue weighted by Gasteiger charge is 2.34. The summed E-state index contributed by atoms with van der Waals surface area (Å²) in [6, 6.07) is 0. The Kier molecular flexibility index (Phi) is 5.04. The minimum atomic E-state index is -3.29. The standard InChI is InChI=1S/C13H23N5O3S/c19-22(20,9-7-17-11-14-15-16-17)18-6-8-21-13(10-18)12-4-2-1-3-5-12/h11-13H,1-10H2/t13-/m0/s1. The van der Waals surface area contributed by atoms with Crippen molar-refractivity contribution in [1.82, 2.24) is 24.5 Å². The zero-order chi connectivity index (χ0) is 15.4. The number of morpholine rings is 1. The molecule has 1 aromatic heterocycles. The Bertz CT molecular complexity index is 556. The number of rotatable bonds is 5.